The molecule has 1 heterocycles. The zero-order valence-electron chi connectivity index (χ0n) is 13.1. The Bertz CT molecular complexity index is 552. The van der Waals surface area contributed by atoms with Crippen molar-refractivity contribution in [1.29, 1.82) is 0 Å². The predicted molar refractivity (Wildman–Crippen MR) is 81.4 cm³/mol. The zero-order valence-corrected chi connectivity index (χ0v) is 13.1. The van der Waals surface area contributed by atoms with Gasteiger partial charge in [-0.05, 0) is 26.3 Å². The molecule has 0 radical (unpaired) electrons. The molecule has 1 aliphatic heterocycles. The van der Waals surface area contributed by atoms with E-state index < -0.39 is 11.1 Å². The molecule has 1 saturated heterocycles. The van der Waals surface area contributed by atoms with E-state index >= 15 is 0 Å². The molecule has 1 fully saturated rings. The van der Waals surface area contributed by atoms with Crippen molar-refractivity contribution in [2.75, 3.05) is 20.1 Å². The van der Waals surface area contributed by atoms with E-state index in [1.54, 1.807) is 37.6 Å². The van der Waals surface area contributed by atoms with Crippen molar-refractivity contribution < 1.29 is 9.59 Å². The molecular formula is C16H23N3O2. The van der Waals surface area contributed by atoms with Gasteiger partial charge in [0, 0.05) is 20.1 Å². The van der Waals surface area contributed by atoms with E-state index in [0.29, 0.717) is 13.1 Å². The first-order valence-corrected chi connectivity index (χ1v) is 7.11. The average molecular weight is 289 g/mol. The second-order valence-electron chi connectivity index (χ2n) is 6.31. The first-order valence-electron chi connectivity index (χ1n) is 7.11. The van der Waals surface area contributed by atoms with E-state index in [0.717, 1.165) is 5.56 Å². The number of nitrogens with two attached hydrogens (primary N) is 1. The van der Waals surface area contributed by atoms with Crippen LogP contribution in [0.3, 0.4) is 0 Å². The number of carbonyl (C=O) groups is 2. The summed E-state index contributed by atoms with van der Waals surface area (Å²) in [6.07, 6.45) is 0. The highest BCUT2D eigenvalue weighted by atomic mass is 16.2. The monoisotopic (exact) mass is 289 g/mol. The van der Waals surface area contributed by atoms with E-state index in [4.69, 9.17) is 5.73 Å². The van der Waals surface area contributed by atoms with Crippen LogP contribution >= 0.6 is 0 Å². The van der Waals surface area contributed by atoms with Crippen molar-refractivity contribution in [2.45, 2.75) is 31.8 Å². The molecule has 2 N–H and O–H groups in total. The van der Waals surface area contributed by atoms with Crippen LogP contribution < -0.4 is 5.73 Å². The summed E-state index contributed by atoms with van der Waals surface area (Å²) in [6, 6.07) is 9.26. The van der Waals surface area contributed by atoms with Gasteiger partial charge >= 0.3 is 0 Å². The Labute approximate surface area is 125 Å². The number of amides is 2. The van der Waals surface area contributed by atoms with E-state index in [1.165, 1.54) is 0 Å². The minimum atomic E-state index is -1.14. The van der Waals surface area contributed by atoms with Gasteiger partial charge in [-0.25, -0.2) is 0 Å². The smallest absolute Gasteiger partial charge is 0.247 e. The maximum Gasteiger partial charge on any atom is 0.247 e. The zero-order chi connectivity index (χ0) is 15.8. The number of piperazine rings is 1. The van der Waals surface area contributed by atoms with Crippen molar-refractivity contribution in [3.8, 4) is 0 Å². The largest absolute Gasteiger partial charge is 0.342 e. The van der Waals surface area contributed by atoms with Gasteiger partial charge < -0.3 is 15.5 Å². The van der Waals surface area contributed by atoms with E-state index in [2.05, 4.69) is 0 Å². The van der Waals surface area contributed by atoms with Gasteiger partial charge in [0.15, 0.2) is 0 Å². The minimum absolute atomic E-state index is 0.0639. The molecule has 1 aliphatic rings. The summed E-state index contributed by atoms with van der Waals surface area (Å²) in [5, 5.41) is 0. The van der Waals surface area contributed by atoms with Gasteiger partial charge in [0.05, 0.1) is 0 Å². The fraction of sp³-hybridized carbons (Fsp3) is 0.500. The maximum atomic E-state index is 12.9. The molecule has 0 aromatic heterocycles. The SMILES string of the molecule is CN1CCN(C(=O)C(C)(N)c2ccccc2)C(C)(C)C1=O. The number of hydrogen-bond acceptors (Lipinski definition) is 3. The highest BCUT2D eigenvalue weighted by molar-refractivity contribution is 5.95. The normalized spacial score (nSPS) is 21.1. The second-order valence-corrected chi connectivity index (χ2v) is 6.31. The molecule has 0 aliphatic carbocycles. The molecule has 5 nitrogen and oxygen atoms in total. The van der Waals surface area contributed by atoms with Crippen molar-refractivity contribution >= 4 is 11.8 Å². The quantitative estimate of drug-likeness (QED) is 0.881. The van der Waals surface area contributed by atoms with Gasteiger partial charge in [-0.3, -0.25) is 9.59 Å². The molecule has 21 heavy (non-hydrogen) atoms. The standard InChI is InChI=1S/C16H23N3O2/c1-15(2)13(20)18(4)10-11-19(15)14(21)16(3,17)12-8-6-5-7-9-12/h5-9H,10-11,17H2,1-4H3. The van der Waals surface area contributed by atoms with Crippen LogP contribution in [0.1, 0.15) is 26.3 Å². The number of nitrogens with zero attached hydrogens (tertiary/aromatic N) is 2. The first kappa shape index (κ1) is 15.5. The lowest BCUT2D eigenvalue weighted by Crippen LogP contribution is -2.67. The maximum absolute atomic E-state index is 12.9. The van der Waals surface area contributed by atoms with Gasteiger partial charge in [0.2, 0.25) is 11.8 Å². The van der Waals surface area contributed by atoms with Crippen LogP contribution in [-0.4, -0.2) is 47.3 Å². The number of likely N-dealkylation sites (N-methyl/N-ethyl adjacent to an activating group) is 1. The molecule has 1 aromatic carbocycles. The molecule has 0 spiro atoms. The molecule has 1 atom stereocenters. The van der Waals surface area contributed by atoms with Gasteiger partial charge in [0.25, 0.3) is 0 Å². The van der Waals surface area contributed by atoms with Crippen LogP contribution in [0.15, 0.2) is 30.3 Å². The summed E-state index contributed by atoms with van der Waals surface area (Å²) < 4.78 is 0. The third-order valence-electron chi connectivity index (χ3n) is 4.27. The van der Waals surface area contributed by atoms with E-state index in [-0.39, 0.29) is 11.8 Å². The van der Waals surface area contributed by atoms with Crippen LogP contribution in [0.2, 0.25) is 0 Å². The summed E-state index contributed by atoms with van der Waals surface area (Å²) >= 11 is 0. The Morgan fingerprint density at radius 3 is 2.38 bits per heavy atom. The fourth-order valence-corrected chi connectivity index (χ4v) is 2.76. The number of carbonyl (C=O) groups excluding carboxylic acids is 2. The number of benzene rings is 1. The van der Waals surface area contributed by atoms with Crippen molar-refractivity contribution in [3.63, 3.8) is 0 Å². The first-order chi connectivity index (χ1) is 9.69. The van der Waals surface area contributed by atoms with Crippen LogP contribution in [0.4, 0.5) is 0 Å². The lowest BCUT2D eigenvalue weighted by atomic mass is 9.88. The molecule has 0 bridgehead atoms. The Kier molecular flexibility index (Phi) is 3.80. The molecule has 0 saturated carbocycles. The van der Waals surface area contributed by atoms with E-state index in [9.17, 15) is 9.59 Å². The Hall–Kier alpha value is -1.88. The third kappa shape index (κ3) is 2.53. The molecule has 2 rings (SSSR count). The number of rotatable bonds is 2. The van der Waals surface area contributed by atoms with Crippen molar-refractivity contribution in [3.05, 3.63) is 35.9 Å². The Balaban J connectivity index is 2.33. The summed E-state index contributed by atoms with van der Waals surface area (Å²) in [4.78, 5) is 28.5. The minimum Gasteiger partial charge on any atom is -0.342 e. The molecule has 2 amide bonds. The lowest BCUT2D eigenvalue weighted by Gasteiger charge is -2.47. The molecule has 1 aromatic rings. The molecule has 5 heteroatoms. The summed E-state index contributed by atoms with van der Waals surface area (Å²) in [5.41, 5.74) is 5.03. The van der Waals surface area contributed by atoms with E-state index in [1.807, 2.05) is 30.3 Å². The van der Waals surface area contributed by atoms with Crippen LogP contribution in [-0.2, 0) is 15.1 Å². The van der Waals surface area contributed by atoms with Gasteiger partial charge in [-0.1, -0.05) is 30.3 Å². The van der Waals surface area contributed by atoms with Gasteiger partial charge in [-0.2, -0.15) is 0 Å². The highest BCUT2D eigenvalue weighted by Crippen LogP contribution is 2.28. The number of hydrogen-bond donors (Lipinski definition) is 1. The molecular weight excluding hydrogens is 266 g/mol. The summed E-state index contributed by atoms with van der Waals surface area (Å²) in [5.74, 6) is -0.286. The van der Waals surface area contributed by atoms with Crippen LogP contribution in [0.5, 0.6) is 0 Å². The molecule has 114 valence electrons. The van der Waals surface area contributed by atoms with Crippen LogP contribution in [0, 0.1) is 0 Å². The third-order valence-corrected chi connectivity index (χ3v) is 4.27. The Morgan fingerprint density at radius 1 is 1.24 bits per heavy atom. The van der Waals surface area contributed by atoms with Gasteiger partial charge in [-0.15, -0.1) is 0 Å². The van der Waals surface area contributed by atoms with Crippen molar-refractivity contribution in [2.24, 2.45) is 5.73 Å². The Morgan fingerprint density at radius 2 is 1.81 bits per heavy atom. The highest BCUT2D eigenvalue weighted by Gasteiger charge is 2.47. The summed E-state index contributed by atoms with van der Waals surface area (Å²) in [7, 11) is 1.75. The predicted octanol–water partition coefficient (Wildman–Crippen LogP) is 0.940. The van der Waals surface area contributed by atoms with Crippen molar-refractivity contribution in [1.82, 2.24) is 9.80 Å². The summed E-state index contributed by atoms with van der Waals surface area (Å²) in [6.45, 7) is 6.25. The second kappa shape index (κ2) is 5.15. The van der Waals surface area contributed by atoms with Gasteiger partial charge in [0.1, 0.15) is 11.1 Å². The lowest BCUT2D eigenvalue weighted by molar-refractivity contribution is -0.160. The topological polar surface area (TPSA) is 66.6 Å². The van der Waals surface area contributed by atoms with Crippen LogP contribution in [0.25, 0.3) is 0 Å². The fourth-order valence-electron chi connectivity index (χ4n) is 2.76. The molecule has 1 unspecified atom stereocenters. The average Bonchev–Trinajstić information content (AvgIpc) is 2.45.